The summed E-state index contributed by atoms with van der Waals surface area (Å²) in [5.74, 6) is -0.855. The van der Waals surface area contributed by atoms with Gasteiger partial charge in [-0.05, 0) is 30.3 Å². The summed E-state index contributed by atoms with van der Waals surface area (Å²) in [6, 6.07) is 11.9. The van der Waals surface area contributed by atoms with Crippen LogP contribution in [-0.2, 0) is 9.59 Å². The highest BCUT2D eigenvalue weighted by molar-refractivity contribution is 6.35. The summed E-state index contributed by atoms with van der Waals surface area (Å²) in [5.41, 5.74) is 1.12. The molecule has 2 aromatic carbocycles. The molecule has 1 atom stereocenters. The predicted molar refractivity (Wildman–Crippen MR) is 97.0 cm³/mol. The van der Waals surface area contributed by atoms with Crippen molar-refractivity contribution in [2.24, 2.45) is 5.92 Å². The van der Waals surface area contributed by atoms with Gasteiger partial charge >= 0.3 is 0 Å². The first-order chi connectivity index (χ1) is 11.4. The molecule has 124 valence electrons. The molecular formula is C17H13Cl3N2O2. The molecule has 0 bridgehead atoms. The van der Waals surface area contributed by atoms with Crippen molar-refractivity contribution in [3.05, 3.63) is 57.5 Å². The summed E-state index contributed by atoms with van der Waals surface area (Å²) < 4.78 is 0. The Bertz CT molecular complexity index is 790. The van der Waals surface area contributed by atoms with Crippen LogP contribution in [0.15, 0.2) is 42.5 Å². The fraction of sp³-hybridized carbons (Fsp3) is 0.176. The minimum absolute atomic E-state index is 0.125. The number of anilines is 2. The van der Waals surface area contributed by atoms with Crippen molar-refractivity contribution in [2.75, 3.05) is 16.8 Å². The third-order valence-corrected chi connectivity index (χ3v) is 4.55. The average molecular weight is 384 g/mol. The number of benzene rings is 2. The van der Waals surface area contributed by atoms with Gasteiger partial charge in [0.1, 0.15) is 0 Å². The van der Waals surface area contributed by atoms with Crippen LogP contribution >= 0.6 is 34.8 Å². The molecule has 24 heavy (non-hydrogen) atoms. The number of rotatable bonds is 3. The minimum Gasteiger partial charge on any atom is -0.324 e. The summed E-state index contributed by atoms with van der Waals surface area (Å²) in [5, 5.41) is 4.10. The summed E-state index contributed by atoms with van der Waals surface area (Å²) in [4.78, 5) is 26.2. The molecule has 1 saturated heterocycles. The van der Waals surface area contributed by atoms with E-state index in [0.717, 1.165) is 0 Å². The molecule has 0 aromatic heterocycles. The normalized spacial score (nSPS) is 17.2. The number of nitrogens with zero attached hydrogens (tertiary/aromatic N) is 1. The fourth-order valence-electron chi connectivity index (χ4n) is 2.63. The van der Waals surface area contributed by atoms with E-state index in [1.54, 1.807) is 42.5 Å². The molecule has 1 fully saturated rings. The van der Waals surface area contributed by atoms with E-state index >= 15 is 0 Å². The topological polar surface area (TPSA) is 49.4 Å². The summed E-state index contributed by atoms with van der Waals surface area (Å²) in [7, 11) is 0. The second kappa shape index (κ2) is 7.01. The Hall–Kier alpha value is -1.75. The highest BCUT2D eigenvalue weighted by Gasteiger charge is 2.35. The molecule has 2 aromatic rings. The lowest BCUT2D eigenvalue weighted by atomic mass is 10.1. The highest BCUT2D eigenvalue weighted by atomic mass is 35.5. The van der Waals surface area contributed by atoms with E-state index in [9.17, 15) is 9.59 Å². The van der Waals surface area contributed by atoms with Crippen molar-refractivity contribution in [3.63, 3.8) is 0 Å². The first-order valence-electron chi connectivity index (χ1n) is 7.26. The monoisotopic (exact) mass is 382 g/mol. The van der Waals surface area contributed by atoms with Gasteiger partial charge in [0.2, 0.25) is 11.8 Å². The lowest BCUT2D eigenvalue weighted by molar-refractivity contribution is -0.122. The first-order valence-corrected chi connectivity index (χ1v) is 8.39. The molecule has 1 aliphatic rings. The van der Waals surface area contributed by atoms with Crippen molar-refractivity contribution < 1.29 is 9.59 Å². The maximum Gasteiger partial charge on any atom is 0.229 e. The van der Waals surface area contributed by atoms with E-state index in [1.165, 1.54) is 4.90 Å². The van der Waals surface area contributed by atoms with Crippen molar-refractivity contribution >= 4 is 58.0 Å². The zero-order chi connectivity index (χ0) is 17.3. The molecular weight excluding hydrogens is 371 g/mol. The predicted octanol–water partition coefficient (Wildman–Crippen LogP) is 4.64. The van der Waals surface area contributed by atoms with Crippen LogP contribution in [-0.4, -0.2) is 18.4 Å². The van der Waals surface area contributed by atoms with Crippen molar-refractivity contribution in [1.82, 2.24) is 0 Å². The molecule has 1 heterocycles. The van der Waals surface area contributed by atoms with Gasteiger partial charge < -0.3 is 10.2 Å². The highest BCUT2D eigenvalue weighted by Crippen LogP contribution is 2.31. The van der Waals surface area contributed by atoms with E-state index in [1.807, 2.05) is 0 Å². The van der Waals surface area contributed by atoms with Gasteiger partial charge in [0.25, 0.3) is 0 Å². The lowest BCUT2D eigenvalue weighted by Crippen LogP contribution is -2.28. The third-order valence-electron chi connectivity index (χ3n) is 3.79. The van der Waals surface area contributed by atoms with Crippen molar-refractivity contribution in [2.45, 2.75) is 6.42 Å². The van der Waals surface area contributed by atoms with Crippen LogP contribution in [0.25, 0.3) is 0 Å². The second-order valence-electron chi connectivity index (χ2n) is 5.50. The van der Waals surface area contributed by atoms with Crippen LogP contribution in [0.5, 0.6) is 0 Å². The van der Waals surface area contributed by atoms with Crippen LogP contribution < -0.4 is 10.2 Å². The van der Waals surface area contributed by atoms with Gasteiger partial charge in [-0.25, -0.2) is 0 Å². The Morgan fingerprint density at radius 3 is 2.42 bits per heavy atom. The van der Waals surface area contributed by atoms with Gasteiger partial charge in [0, 0.05) is 28.7 Å². The van der Waals surface area contributed by atoms with Gasteiger partial charge in [-0.1, -0.05) is 46.9 Å². The van der Waals surface area contributed by atoms with Crippen LogP contribution in [0.3, 0.4) is 0 Å². The number of hydrogen-bond acceptors (Lipinski definition) is 2. The lowest BCUT2D eigenvalue weighted by Gasteiger charge is -2.17. The van der Waals surface area contributed by atoms with Crippen molar-refractivity contribution in [1.29, 1.82) is 0 Å². The molecule has 0 spiro atoms. The minimum atomic E-state index is -0.466. The number of carbonyl (C=O) groups is 2. The van der Waals surface area contributed by atoms with Crippen LogP contribution in [0.4, 0.5) is 11.4 Å². The molecule has 0 saturated carbocycles. The van der Waals surface area contributed by atoms with Gasteiger partial charge in [-0.15, -0.1) is 0 Å². The molecule has 7 heteroatoms. The van der Waals surface area contributed by atoms with E-state index in [-0.39, 0.29) is 24.8 Å². The largest absolute Gasteiger partial charge is 0.324 e. The maximum atomic E-state index is 12.4. The molecule has 3 rings (SSSR count). The third kappa shape index (κ3) is 3.66. The molecule has 0 aliphatic carbocycles. The molecule has 1 unspecified atom stereocenters. The van der Waals surface area contributed by atoms with Crippen molar-refractivity contribution in [3.8, 4) is 0 Å². The van der Waals surface area contributed by atoms with E-state index in [4.69, 9.17) is 34.8 Å². The Kier molecular flexibility index (Phi) is 4.99. The van der Waals surface area contributed by atoms with Gasteiger partial charge in [-0.3, -0.25) is 9.59 Å². The Morgan fingerprint density at radius 1 is 1.08 bits per heavy atom. The summed E-state index contributed by atoms with van der Waals surface area (Å²) in [6.07, 6.45) is 0.125. The van der Waals surface area contributed by atoms with Crippen LogP contribution in [0.1, 0.15) is 6.42 Å². The van der Waals surface area contributed by atoms with Gasteiger partial charge in [0.05, 0.1) is 16.6 Å². The van der Waals surface area contributed by atoms with E-state index in [0.29, 0.717) is 26.4 Å². The molecule has 2 amide bonds. The Balaban J connectivity index is 1.74. The number of nitrogens with one attached hydrogen (secondary N) is 1. The molecule has 4 nitrogen and oxygen atoms in total. The SMILES string of the molecule is O=C(Nc1ccccc1Cl)C1CC(=O)N(c2cc(Cl)cc(Cl)c2)C1. The number of para-hydroxylation sites is 1. The van der Waals surface area contributed by atoms with Crippen LogP contribution in [0, 0.1) is 5.92 Å². The van der Waals surface area contributed by atoms with Crippen LogP contribution in [0.2, 0.25) is 15.1 Å². The zero-order valence-corrected chi connectivity index (χ0v) is 14.7. The maximum absolute atomic E-state index is 12.4. The Labute approximate surface area is 154 Å². The number of hydrogen-bond donors (Lipinski definition) is 1. The number of halogens is 3. The molecule has 0 radical (unpaired) electrons. The van der Waals surface area contributed by atoms with Gasteiger partial charge in [0.15, 0.2) is 0 Å². The zero-order valence-electron chi connectivity index (χ0n) is 12.4. The first kappa shape index (κ1) is 17.1. The average Bonchev–Trinajstić information content (AvgIpc) is 2.91. The standard InChI is InChI=1S/C17H13Cl3N2O2/c18-11-6-12(19)8-13(7-11)22-9-10(5-16(22)23)17(24)21-15-4-2-1-3-14(15)20/h1-4,6-8,10H,5,9H2,(H,21,24). The van der Waals surface area contributed by atoms with Gasteiger partial charge in [-0.2, -0.15) is 0 Å². The summed E-state index contributed by atoms with van der Waals surface area (Å²) >= 11 is 18.0. The Morgan fingerprint density at radius 2 is 1.75 bits per heavy atom. The molecule has 1 N–H and O–H groups in total. The number of amides is 2. The number of carbonyl (C=O) groups excluding carboxylic acids is 2. The summed E-state index contributed by atoms with van der Waals surface area (Å²) in [6.45, 7) is 0.270. The molecule has 1 aliphatic heterocycles. The fourth-order valence-corrected chi connectivity index (χ4v) is 3.32. The second-order valence-corrected chi connectivity index (χ2v) is 6.78. The van der Waals surface area contributed by atoms with E-state index in [2.05, 4.69) is 5.32 Å². The quantitative estimate of drug-likeness (QED) is 0.839. The van der Waals surface area contributed by atoms with E-state index < -0.39 is 5.92 Å². The smallest absolute Gasteiger partial charge is 0.229 e.